The molecule has 0 spiro atoms. The van der Waals surface area contributed by atoms with Crippen molar-refractivity contribution < 1.29 is 10.2 Å². The van der Waals surface area contributed by atoms with Gasteiger partial charge < -0.3 is 10.2 Å². The second kappa shape index (κ2) is 3.75. The van der Waals surface area contributed by atoms with Crippen molar-refractivity contribution in [3.63, 3.8) is 0 Å². The molecular formula is C10H20O2. The average molecular weight is 172 g/mol. The maximum atomic E-state index is 9.98. The van der Waals surface area contributed by atoms with Crippen LogP contribution in [0.4, 0.5) is 0 Å². The van der Waals surface area contributed by atoms with E-state index in [1.54, 1.807) is 0 Å². The van der Waals surface area contributed by atoms with Crippen LogP contribution in [0.25, 0.3) is 0 Å². The third kappa shape index (κ3) is 1.64. The second-order valence-electron chi connectivity index (χ2n) is 3.95. The largest absolute Gasteiger partial charge is 0.390 e. The van der Waals surface area contributed by atoms with Crippen molar-refractivity contribution in [1.82, 2.24) is 0 Å². The molecule has 0 bridgehead atoms. The zero-order chi connectivity index (χ0) is 9.19. The van der Waals surface area contributed by atoms with E-state index in [2.05, 4.69) is 0 Å². The fourth-order valence-corrected chi connectivity index (χ4v) is 1.86. The lowest BCUT2D eigenvalue weighted by Crippen LogP contribution is -2.47. The van der Waals surface area contributed by atoms with E-state index in [4.69, 9.17) is 0 Å². The second-order valence-corrected chi connectivity index (χ2v) is 3.95. The highest BCUT2D eigenvalue weighted by molar-refractivity contribution is 4.91. The van der Waals surface area contributed by atoms with E-state index in [-0.39, 0.29) is 0 Å². The fraction of sp³-hybridized carbons (Fsp3) is 1.00. The van der Waals surface area contributed by atoms with Gasteiger partial charge >= 0.3 is 0 Å². The first kappa shape index (κ1) is 10.0. The highest BCUT2D eigenvalue weighted by Gasteiger charge is 2.39. The van der Waals surface area contributed by atoms with Crippen LogP contribution in [0.3, 0.4) is 0 Å². The molecule has 0 amide bonds. The van der Waals surface area contributed by atoms with Crippen LogP contribution in [0, 0.1) is 5.92 Å². The van der Waals surface area contributed by atoms with Gasteiger partial charge in [0.2, 0.25) is 0 Å². The quantitative estimate of drug-likeness (QED) is 0.677. The van der Waals surface area contributed by atoms with E-state index in [0.717, 1.165) is 12.8 Å². The molecule has 0 aliphatic heterocycles. The molecule has 1 atom stereocenters. The van der Waals surface area contributed by atoms with Gasteiger partial charge in [-0.2, -0.15) is 0 Å². The lowest BCUT2D eigenvalue weighted by molar-refractivity contribution is -0.118. The summed E-state index contributed by atoms with van der Waals surface area (Å²) < 4.78 is 0. The SMILES string of the molecule is CCC(O)(CC)C(O)C1CCC1. The predicted octanol–water partition coefficient (Wildman–Crippen LogP) is 1.70. The standard InChI is InChI=1S/C10H20O2/c1-3-10(12,4-2)9(11)8-6-5-7-8/h8-9,11-12H,3-7H2,1-2H3. The van der Waals surface area contributed by atoms with E-state index >= 15 is 0 Å². The summed E-state index contributed by atoms with van der Waals surface area (Å²) in [4.78, 5) is 0. The first-order valence-electron chi connectivity index (χ1n) is 5.04. The summed E-state index contributed by atoms with van der Waals surface area (Å²) >= 11 is 0. The summed E-state index contributed by atoms with van der Waals surface area (Å²) in [7, 11) is 0. The summed E-state index contributed by atoms with van der Waals surface area (Å²) in [6.45, 7) is 3.87. The lowest BCUT2D eigenvalue weighted by atomic mass is 9.73. The summed E-state index contributed by atoms with van der Waals surface area (Å²) in [5.41, 5.74) is -0.828. The number of aliphatic hydroxyl groups excluding tert-OH is 1. The number of rotatable bonds is 4. The Morgan fingerprint density at radius 1 is 1.33 bits per heavy atom. The van der Waals surface area contributed by atoms with Gasteiger partial charge in [0.1, 0.15) is 0 Å². The molecule has 1 saturated carbocycles. The van der Waals surface area contributed by atoms with E-state index in [1.807, 2.05) is 13.8 Å². The van der Waals surface area contributed by atoms with Gasteiger partial charge in [0.05, 0.1) is 11.7 Å². The van der Waals surface area contributed by atoms with Crippen LogP contribution in [0.1, 0.15) is 46.0 Å². The normalized spacial score (nSPS) is 22.0. The van der Waals surface area contributed by atoms with Crippen molar-refractivity contribution in [2.45, 2.75) is 57.7 Å². The molecule has 0 aromatic carbocycles. The molecule has 1 fully saturated rings. The Balaban J connectivity index is 2.51. The van der Waals surface area contributed by atoms with Crippen LogP contribution >= 0.6 is 0 Å². The summed E-state index contributed by atoms with van der Waals surface area (Å²) in [5, 5.41) is 19.8. The molecule has 1 rings (SSSR count). The van der Waals surface area contributed by atoms with E-state index < -0.39 is 11.7 Å². The van der Waals surface area contributed by atoms with Gasteiger partial charge in [0.15, 0.2) is 0 Å². The predicted molar refractivity (Wildman–Crippen MR) is 48.9 cm³/mol. The molecule has 0 heterocycles. The topological polar surface area (TPSA) is 40.5 Å². The molecule has 0 saturated heterocycles. The molecule has 72 valence electrons. The minimum Gasteiger partial charge on any atom is -0.390 e. The number of hydrogen-bond donors (Lipinski definition) is 2. The monoisotopic (exact) mass is 172 g/mol. The fourth-order valence-electron chi connectivity index (χ4n) is 1.86. The van der Waals surface area contributed by atoms with Crippen molar-refractivity contribution in [2.24, 2.45) is 5.92 Å². The third-order valence-corrected chi connectivity index (χ3v) is 3.37. The van der Waals surface area contributed by atoms with Gasteiger partial charge in [0, 0.05) is 0 Å². The molecule has 2 nitrogen and oxygen atoms in total. The molecular weight excluding hydrogens is 152 g/mol. The number of aliphatic hydroxyl groups is 2. The Morgan fingerprint density at radius 3 is 2.08 bits per heavy atom. The Morgan fingerprint density at radius 2 is 1.83 bits per heavy atom. The molecule has 12 heavy (non-hydrogen) atoms. The smallest absolute Gasteiger partial charge is 0.0902 e. The Labute approximate surface area is 74.6 Å². The maximum absolute atomic E-state index is 9.98. The van der Waals surface area contributed by atoms with Gasteiger partial charge in [-0.15, -0.1) is 0 Å². The van der Waals surface area contributed by atoms with Gasteiger partial charge in [-0.05, 0) is 31.6 Å². The Bertz CT molecular complexity index is 137. The van der Waals surface area contributed by atoms with Gasteiger partial charge in [0.25, 0.3) is 0 Å². The van der Waals surface area contributed by atoms with Crippen molar-refractivity contribution in [1.29, 1.82) is 0 Å². The van der Waals surface area contributed by atoms with Crippen molar-refractivity contribution in [3.8, 4) is 0 Å². The molecule has 0 aromatic heterocycles. The zero-order valence-corrected chi connectivity index (χ0v) is 8.08. The van der Waals surface area contributed by atoms with Crippen LogP contribution in [-0.2, 0) is 0 Å². The number of hydrogen-bond acceptors (Lipinski definition) is 2. The van der Waals surface area contributed by atoms with Crippen LogP contribution in [0.5, 0.6) is 0 Å². The first-order valence-corrected chi connectivity index (χ1v) is 5.04. The van der Waals surface area contributed by atoms with Crippen LogP contribution in [-0.4, -0.2) is 21.9 Å². The summed E-state index contributed by atoms with van der Waals surface area (Å²) in [6.07, 6.45) is 4.20. The van der Waals surface area contributed by atoms with Crippen molar-refractivity contribution >= 4 is 0 Å². The molecule has 0 radical (unpaired) electrons. The van der Waals surface area contributed by atoms with Crippen molar-refractivity contribution in [3.05, 3.63) is 0 Å². The summed E-state index contributed by atoms with van der Waals surface area (Å²) in [5.74, 6) is 0.356. The van der Waals surface area contributed by atoms with Crippen LogP contribution < -0.4 is 0 Å². The molecule has 1 aliphatic carbocycles. The van der Waals surface area contributed by atoms with E-state index in [0.29, 0.717) is 18.8 Å². The van der Waals surface area contributed by atoms with E-state index in [9.17, 15) is 10.2 Å². The van der Waals surface area contributed by atoms with Crippen LogP contribution in [0.15, 0.2) is 0 Å². The average Bonchev–Trinajstić information content (AvgIpc) is 2.00. The molecule has 1 unspecified atom stereocenters. The zero-order valence-electron chi connectivity index (χ0n) is 8.08. The maximum Gasteiger partial charge on any atom is 0.0902 e. The molecule has 2 N–H and O–H groups in total. The van der Waals surface area contributed by atoms with Gasteiger partial charge in [-0.3, -0.25) is 0 Å². The van der Waals surface area contributed by atoms with Gasteiger partial charge in [-0.25, -0.2) is 0 Å². The first-order chi connectivity index (χ1) is 5.64. The van der Waals surface area contributed by atoms with E-state index in [1.165, 1.54) is 6.42 Å². The van der Waals surface area contributed by atoms with Gasteiger partial charge in [-0.1, -0.05) is 20.3 Å². The minimum atomic E-state index is -0.828. The Kier molecular flexibility index (Phi) is 3.13. The van der Waals surface area contributed by atoms with Crippen LogP contribution in [0.2, 0.25) is 0 Å². The lowest BCUT2D eigenvalue weighted by Gasteiger charge is -2.40. The minimum absolute atomic E-state index is 0.356. The Hall–Kier alpha value is -0.0800. The molecule has 1 aliphatic rings. The summed E-state index contributed by atoms with van der Waals surface area (Å²) in [6, 6.07) is 0. The molecule has 2 heteroatoms. The highest BCUT2D eigenvalue weighted by atomic mass is 16.3. The van der Waals surface area contributed by atoms with Crippen molar-refractivity contribution in [2.75, 3.05) is 0 Å². The molecule has 0 aromatic rings. The highest BCUT2D eigenvalue weighted by Crippen LogP contribution is 2.36. The third-order valence-electron chi connectivity index (χ3n) is 3.37.